The van der Waals surface area contributed by atoms with Gasteiger partial charge in [-0.25, -0.2) is 14.8 Å². The van der Waals surface area contributed by atoms with E-state index in [-0.39, 0.29) is 12.0 Å². The van der Waals surface area contributed by atoms with Crippen LogP contribution in [-0.4, -0.2) is 39.4 Å². The number of aromatic nitrogens is 2. The minimum Gasteiger partial charge on any atom is -0.444 e. The lowest BCUT2D eigenvalue weighted by Crippen LogP contribution is -2.38. The number of nitrogens with zero attached hydrogens (tertiary/aromatic N) is 2. The summed E-state index contributed by atoms with van der Waals surface area (Å²) in [6.45, 7) is 9.88. The minimum atomic E-state index is -0.529. The van der Waals surface area contributed by atoms with Crippen LogP contribution in [0.15, 0.2) is 6.33 Å². The maximum absolute atomic E-state index is 11.7. The van der Waals surface area contributed by atoms with Gasteiger partial charge in [0.05, 0.1) is 11.8 Å². The standard InChI is InChI=1S/C16H26N4O3/c1-9-6-11(21)13-12(9)14(19-8-18-13)20-10(2)7-17-15(22)23-16(3,4)5/h8-11,21H,6-7H2,1-5H3,(H,17,22)(H,18,19,20)/t9-,10+,11-/m1/s1. The molecule has 2 rings (SSSR count). The average molecular weight is 322 g/mol. The van der Waals surface area contributed by atoms with Crippen molar-refractivity contribution >= 4 is 11.9 Å². The van der Waals surface area contributed by atoms with Crippen LogP contribution in [0.5, 0.6) is 0 Å². The molecule has 1 amide bonds. The van der Waals surface area contributed by atoms with E-state index in [0.717, 1.165) is 11.4 Å². The lowest BCUT2D eigenvalue weighted by Gasteiger charge is -2.22. The third-order valence-corrected chi connectivity index (χ3v) is 3.63. The van der Waals surface area contributed by atoms with Crippen molar-refractivity contribution in [1.82, 2.24) is 15.3 Å². The first kappa shape index (κ1) is 17.5. The third-order valence-electron chi connectivity index (χ3n) is 3.63. The first-order valence-corrected chi connectivity index (χ1v) is 7.93. The van der Waals surface area contributed by atoms with Crippen molar-refractivity contribution in [3.8, 4) is 0 Å². The van der Waals surface area contributed by atoms with E-state index in [9.17, 15) is 9.90 Å². The second-order valence-electron chi connectivity index (χ2n) is 7.10. The Balaban J connectivity index is 1.94. The topological polar surface area (TPSA) is 96.4 Å². The predicted octanol–water partition coefficient (Wildman–Crippen LogP) is 2.34. The lowest BCUT2D eigenvalue weighted by molar-refractivity contribution is 0.0526. The Hall–Kier alpha value is -1.89. The maximum atomic E-state index is 11.7. The summed E-state index contributed by atoms with van der Waals surface area (Å²) >= 11 is 0. The van der Waals surface area contributed by atoms with Crippen LogP contribution in [0.3, 0.4) is 0 Å². The number of amides is 1. The van der Waals surface area contributed by atoms with Gasteiger partial charge in [0.15, 0.2) is 0 Å². The fraction of sp³-hybridized carbons (Fsp3) is 0.688. The zero-order chi connectivity index (χ0) is 17.2. The van der Waals surface area contributed by atoms with Gasteiger partial charge in [0.2, 0.25) is 0 Å². The third kappa shape index (κ3) is 4.54. The van der Waals surface area contributed by atoms with Crippen LogP contribution in [0.4, 0.5) is 10.6 Å². The van der Waals surface area contributed by atoms with Crippen LogP contribution < -0.4 is 10.6 Å². The number of aliphatic hydroxyl groups is 1. The molecule has 7 nitrogen and oxygen atoms in total. The van der Waals surface area contributed by atoms with Crippen LogP contribution in [0, 0.1) is 0 Å². The summed E-state index contributed by atoms with van der Waals surface area (Å²) in [4.78, 5) is 20.1. The molecule has 0 saturated heterocycles. The van der Waals surface area contributed by atoms with Gasteiger partial charge in [0, 0.05) is 18.2 Å². The molecule has 0 saturated carbocycles. The van der Waals surface area contributed by atoms with Gasteiger partial charge >= 0.3 is 6.09 Å². The minimum absolute atomic E-state index is 0.0357. The summed E-state index contributed by atoms with van der Waals surface area (Å²) < 4.78 is 5.21. The van der Waals surface area contributed by atoms with Crippen LogP contribution in [0.2, 0.25) is 0 Å². The Morgan fingerprint density at radius 3 is 2.83 bits per heavy atom. The van der Waals surface area contributed by atoms with Crippen LogP contribution >= 0.6 is 0 Å². The van der Waals surface area contributed by atoms with E-state index in [0.29, 0.717) is 18.7 Å². The molecule has 7 heteroatoms. The molecule has 128 valence electrons. The summed E-state index contributed by atoms with van der Waals surface area (Å²) in [7, 11) is 0. The molecule has 0 bridgehead atoms. The summed E-state index contributed by atoms with van der Waals surface area (Å²) in [6.07, 6.45) is 1.14. The summed E-state index contributed by atoms with van der Waals surface area (Å²) in [5.41, 5.74) is 1.14. The number of rotatable bonds is 4. The number of carbonyl (C=O) groups is 1. The van der Waals surface area contributed by atoms with Gasteiger partial charge in [0.25, 0.3) is 0 Å². The van der Waals surface area contributed by atoms with Crippen LogP contribution in [0.1, 0.15) is 64.3 Å². The number of hydrogen-bond donors (Lipinski definition) is 3. The largest absolute Gasteiger partial charge is 0.444 e. The van der Waals surface area contributed by atoms with E-state index in [2.05, 4.69) is 20.6 Å². The van der Waals surface area contributed by atoms with Crippen molar-refractivity contribution in [3.05, 3.63) is 17.6 Å². The number of aliphatic hydroxyl groups excluding tert-OH is 1. The highest BCUT2D eigenvalue weighted by Gasteiger charge is 2.31. The molecule has 0 spiro atoms. The van der Waals surface area contributed by atoms with Gasteiger partial charge in [-0.1, -0.05) is 6.92 Å². The Labute approximate surface area is 136 Å². The normalized spacial score (nSPS) is 21.5. The molecule has 0 radical (unpaired) electrons. The fourth-order valence-corrected chi connectivity index (χ4v) is 2.68. The molecule has 1 heterocycles. The Kier molecular flexibility index (Phi) is 5.09. The van der Waals surface area contributed by atoms with Crippen molar-refractivity contribution in [2.75, 3.05) is 11.9 Å². The van der Waals surface area contributed by atoms with E-state index in [1.54, 1.807) is 0 Å². The quantitative estimate of drug-likeness (QED) is 0.787. The predicted molar refractivity (Wildman–Crippen MR) is 87.3 cm³/mol. The van der Waals surface area contributed by atoms with Crippen molar-refractivity contribution in [1.29, 1.82) is 0 Å². The van der Waals surface area contributed by atoms with E-state index in [4.69, 9.17) is 4.74 Å². The van der Waals surface area contributed by atoms with E-state index >= 15 is 0 Å². The highest BCUT2D eigenvalue weighted by atomic mass is 16.6. The van der Waals surface area contributed by atoms with Gasteiger partial charge in [-0.05, 0) is 40.0 Å². The number of fused-ring (bicyclic) bond motifs is 1. The van der Waals surface area contributed by atoms with Crippen LogP contribution in [0.25, 0.3) is 0 Å². The number of alkyl carbamates (subject to hydrolysis) is 1. The Morgan fingerprint density at radius 1 is 1.48 bits per heavy atom. The second kappa shape index (κ2) is 6.70. The molecular formula is C16H26N4O3. The first-order chi connectivity index (χ1) is 10.7. The summed E-state index contributed by atoms with van der Waals surface area (Å²) in [6, 6.07) is -0.0357. The van der Waals surface area contributed by atoms with Crippen molar-refractivity contribution in [2.45, 2.75) is 64.7 Å². The molecule has 1 aliphatic carbocycles. The highest BCUT2D eigenvalue weighted by Crippen LogP contribution is 2.41. The smallest absolute Gasteiger partial charge is 0.407 e. The molecule has 0 unspecified atom stereocenters. The van der Waals surface area contributed by atoms with Gasteiger partial charge in [-0.3, -0.25) is 0 Å². The number of hydrogen-bond acceptors (Lipinski definition) is 6. The van der Waals surface area contributed by atoms with Crippen molar-refractivity contribution in [3.63, 3.8) is 0 Å². The van der Waals surface area contributed by atoms with Gasteiger partial charge in [0.1, 0.15) is 17.7 Å². The molecule has 1 aliphatic rings. The molecule has 0 fully saturated rings. The van der Waals surface area contributed by atoms with Crippen molar-refractivity contribution in [2.24, 2.45) is 0 Å². The molecule has 3 atom stereocenters. The average Bonchev–Trinajstić information content (AvgIpc) is 2.71. The zero-order valence-electron chi connectivity index (χ0n) is 14.4. The van der Waals surface area contributed by atoms with Crippen molar-refractivity contribution < 1.29 is 14.6 Å². The maximum Gasteiger partial charge on any atom is 0.407 e. The first-order valence-electron chi connectivity index (χ1n) is 7.93. The van der Waals surface area contributed by atoms with Crippen LogP contribution in [-0.2, 0) is 4.74 Å². The lowest BCUT2D eigenvalue weighted by atomic mass is 10.1. The SMILES string of the molecule is C[C@@H]1C[C@@H](O)c2ncnc(N[C@@H](C)CNC(=O)OC(C)(C)C)c21. The molecule has 1 aromatic rings. The summed E-state index contributed by atoms with van der Waals surface area (Å²) in [5.74, 6) is 0.923. The molecule has 3 N–H and O–H groups in total. The zero-order valence-corrected chi connectivity index (χ0v) is 14.4. The second-order valence-corrected chi connectivity index (χ2v) is 7.10. The number of anilines is 1. The van der Waals surface area contributed by atoms with E-state index < -0.39 is 17.8 Å². The Morgan fingerprint density at radius 2 is 2.17 bits per heavy atom. The van der Waals surface area contributed by atoms with Gasteiger partial charge in [-0.15, -0.1) is 0 Å². The van der Waals surface area contributed by atoms with Gasteiger partial charge in [-0.2, -0.15) is 0 Å². The Bertz CT molecular complexity index is 571. The molecular weight excluding hydrogens is 296 g/mol. The van der Waals surface area contributed by atoms with E-state index in [1.807, 2.05) is 34.6 Å². The monoisotopic (exact) mass is 322 g/mol. The highest BCUT2D eigenvalue weighted by molar-refractivity contribution is 5.67. The van der Waals surface area contributed by atoms with E-state index in [1.165, 1.54) is 6.33 Å². The molecule has 0 aliphatic heterocycles. The number of nitrogens with one attached hydrogen (secondary N) is 2. The molecule has 23 heavy (non-hydrogen) atoms. The fourth-order valence-electron chi connectivity index (χ4n) is 2.68. The molecule has 0 aromatic carbocycles. The van der Waals surface area contributed by atoms with Gasteiger partial charge < -0.3 is 20.5 Å². The number of ether oxygens (including phenoxy) is 1. The molecule has 1 aromatic heterocycles. The summed E-state index contributed by atoms with van der Waals surface area (Å²) in [5, 5.41) is 16.0. The number of carbonyl (C=O) groups excluding carboxylic acids is 1.